The first kappa shape index (κ1) is 9.75. The van der Waals surface area contributed by atoms with Crippen LogP contribution in [0, 0.1) is 0 Å². The van der Waals surface area contributed by atoms with E-state index < -0.39 is 0 Å². The SMILES string of the molecule is COCc1cc(-c2nnc(Br)s2)no1. The quantitative estimate of drug-likeness (QED) is 0.859. The summed E-state index contributed by atoms with van der Waals surface area (Å²) in [6.07, 6.45) is 0. The molecule has 0 N–H and O–H groups in total. The normalized spacial score (nSPS) is 10.7. The highest BCUT2D eigenvalue weighted by molar-refractivity contribution is 9.11. The van der Waals surface area contributed by atoms with E-state index in [9.17, 15) is 0 Å². The molecule has 7 heteroatoms. The summed E-state index contributed by atoms with van der Waals surface area (Å²) >= 11 is 4.63. The van der Waals surface area contributed by atoms with Gasteiger partial charge >= 0.3 is 0 Å². The van der Waals surface area contributed by atoms with E-state index >= 15 is 0 Å². The average molecular weight is 276 g/mol. The fourth-order valence-electron chi connectivity index (χ4n) is 0.933. The molecule has 74 valence electrons. The molecule has 0 radical (unpaired) electrons. The Bertz CT molecular complexity index is 428. The molecule has 0 aliphatic rings. The van der Waals surface area contributed by atoms with E-state index in [2.05, 4.69) is 31.3 Å². The van der Waals surface area contributed by atoms with Gasteiger partial charge in [-0.05, 0) is 15.9 Å². The van der Waals surface area contributed by atoms with Crippen molar-refractivity contribution in [2.45, 2.75) is 6.61 Å². The Labute approximate surface area is 92.2 Å². The fourth-order valence-corrected chi connectivity index (χ4v) is 2.00. The monoisotopic (exact) mass is 275 g/mol. The van der Waals surface area contributed by atoms with Crippen LogP contribution in [0.15, 0.2) is 14.5 Å². The van der Waals surface area contributed by atoms with E-state index in [1.165, 1.54) is 11.3 Å². The Balaban J connectivity index is 2.24. The molecule has 2 heterocycles. The molecule has 0 unspecified atom stereocenters. The van der Waals surface area contributed by atoms with E-state index in [-0.39, 0.29) is 0 Å². The summed E-state index contributed by atoms with van der Waals surface area (Å²) in [5.74, 6) is 0.675. The summed E-state index contributed by atoms with van der Waals surface area (Å²) in [4.78, 5) is 0. The number of hydrogen-bond donors (Lipinski definition) is 0. The summed E-state index contributed by atoms with van der Waals surface area (Å²) < 4.78 is 10.6. The molecule has 0 fully saturated rings. The number of aromatic nitrogens is 3. The molecule has 5 nitrogen and oxygen atoms in total. The van der Waals surface area contributed by atoms with Crippen LogP contribution in [0.25, 0.3) is 10.7 Å². The van der Waals surface area contributed by atoms with Gasteiger partial charge in [-0.1, -0.05) is 16.5 Å². The van der Waals surface area contributed by atoms with E-state index in [0.29, 0.717) is 18.1 Å². The third-order valence-corrected chi connectivity index (χ3v) is 2.84. The molecule has 0 saturated heterocycles. The van der Waals surface area contributed by atoms with E-state index in [4.69, 9.17) is 9.26 Å². The number of hydrogen-bond acceptors (Lipinski definition) is 6. The molecule has 0 bridgehead atoms. The maximum Gasteiger partial charge on any atom is 0.183 e. The molecule has 0 spiro atoms. The first-order valence-electron chi connectivity index (χ1n) is 3.73. The number of ether oxygens (including phenoxy) is 1. The maximum absolute atomic E-state index is 5.02. The molecule has 2 aromatic rings. The van der Waals surface area contributed by atoms with Gasteiger partial charge in [0.25, 0.3) is 0 Å². The van der Waals surface area contributed by atoms with Gasteiger partial charge in [0.1, 0.15) is 12.3 Å². The van der Waals surface area contributed by atoms with Crippen LogP contribution in [0.5, 0.6) is 0 Å². The minimum Gasteiger partial charge on any atom is -0.377 e. The van der Waals surface area contributed by atoms with Crippen LogP contribution in [-0.4, -0.2) is 22.5 Å². The highest BCUT2D eigenvalue weighted by atomic mass is 79.9. The van der Waals surface area contributed by atoms with E-state index in [1.807, 2.05) is 0 Å². The molecule has 0 atom stereocenters. The van der Waals surface area contributed by atoms with Gasteiger partial charge in [0, 0.05) is 13.2 Å². The molecule has 0 aliphatic carbocycles. The molecule has 2 aromatic heterocycles. The number of rotatable bonds is 3. The topological polar surface area (TPSA) is 61.0 Å². The van der Waals surface area contributed by atoms with Gasteiger partial charge in [-0.2, -0.15) is 0 Å². The van der Waals surface area contributed by atoms with E-state index in [0.717, 1.165) is 8.92 Å². The van der Waals surface area contributed by atoms with Crippen molar-refractivity contribution in [1.82, 2.24) is 15.4 Å². The number of nitrogens with zero attached hydrogens (tertiary/aromatic N) is 3. The van der Waals surface area contributed by atoms with Crippen molar-refractivity contribution in [1.29, 1.82) is 0 Å². The van der Waals surface area contributed by atoms with Gasteiger partial charge in [0.15, 0.2) is 14.7 Å². The lowest BCUT2D eigenvalue weighted by Crippen LogP contribution is -1.81. The van der Waals surface area contributed by atoms with Crippen molar-refractivity contribution >= 4 is 27.3 Å². The molecular weight excluding hydrogens is 270 g/mol. The lowest BCUT2D eigenvalue weighted by Gasteiger charge is -1.87. The minimum atomic E-state index is 0.410. The van der Waals surface area contributed by atoms with E-state index in [1.54, 1.807) is 13.2 Å². The zero-order valence-corrected chi connectivity index (χ0v) is 9.63. The van der Waals surface area contributed by atoms with Crippen molar-refractivity contribution in [3.63, 3.8) is 0 Å². The second-order valence-corrected chi connectivity index (χ2v) is 4.73. The van der Waals surface area contributed by atoms with Crippen molar-refractivity contribution in [2.75, 3.05) is 7.11 Å². The van der Waals surface area contributed by atoms with Crippen LogP contribution < -0.4 is 0 Å². The minimum absolute atomic E-state index is 0.410. The number of halogens is 1. The number of methoxy groups -OCH3 is 1. The van der Waals surface area contributed by atoms with Gasteiger partial charge < -0.3 is 9.26 Å². The summed E-state index contributed by atoms with van der Waals surface area (Å²) in [5, 5.41) is 12.3. The molecule has 2 rings (SSSR count). The third-order valence-electron chi connectivity index (χ3n) is 1.47. The zero-order chi connectivity index (χ0) is 9.97. The standard InChI is InChI=1S/C7H6BrN3O2S/c1-12-3-4-2-5(11-13-4)6-9-10-7(8)14-6/h2H,3H2,1H3. The van der Waals surface area contributed by atoms with Gasteiger partial charge in [0.2, 0.25) is 0 Å². The highest BCUT2D eigenvalue weighted by Gasteiger charge is 2.10. The first-order chi connectivity index (χ1) is 6.79. The van der Waals surface area contributed by atoms with Crippen LogP contribution in [0.4, 0.5) is 0 Å². The summed E-state index contributed by atoms with van der Waals surface area (Å²) in [6.45, 7) is 0.410. The van der Waals surface area contributed by atoms with Crippen LogP contribution in [0.3, 0.4) is 0 Å². The second-order valence-electron chi connectivity index (χ2n) is 2.47. The molecular formula is C7H6BrN3O2S. The predicted molar refractivity (Wildman–Crippen MR) is 53.8 cm³/mol. The van der Waals surface area contributed by atoms with Crippen LogP contribution >= 0.6 is 27.3 Å². The Hall–Kier alpha value is -0.790. The average Bonchev–Trinajstić information content (AvgIpc) is 2.74. The molecule has 14 heavy (non-hydrogen) atoms. The predicted octanol–water partition coefficient (Wildman–Crippen LogP) is 2.10. The van der Waals surface area contributed by atoms with Crippen LogP contribution in [0.1, 0.15) is 5.76 Å². The summed E-state index contributed by atoms with van der Waals surface area (Å²) in [5.41, 5.74) is 0.681. The van der Waals surface area contributed by atoms with Crippen molar-refractivity contribution in [3.05, 3.63) is 15.7 Å². The molecule has 0 aromatic carbocycles. The third kappa shape index (κ3) is 1.99. The molecule has 0 aliphatic heterocycles. The van der Waals surface area contributed by atoms with Crippen molar-refractivity contribution < 1.29 is 9.26 Å². The van der Waals surface area contributed by atoms with Gasteiger partial charge in [-0.3, -0.25) is 0 Å². The molecule has 0 saturated carbocycles. The maximum atomic E-state index is 5.02. The van der Waals surface area contributed by atoms with Crippen LogP contribution in [-0.2, 0) is 11.3 Å². The first-order valence-corrected chi connectivity index (χ1v) is 5.34. The zero-order valence-electron chi connectivity index (χ0n) is 7.23. The lowest BCUT2D eigenvalue weighted by atomic mass is 10.4. The fraction of sp³-hybridized carbons (Fsp3) is 0.286. The Morgan fingerprint density at radius 3 is 3.07 bits per heavy atom. The van der Waals surface area contributed by atoms with Crippen molar-refractivity contribution in [2.24, 2.45) is 0 Å². The van der Waals surface area contributed by atoms with Gasteiger partial charge in [-0.15, -0.1) is 10.2 Å². The summed E-state index contributed by atoms with van der Waals surface area (Å²) in [7, 11) is 1.60. The molecule has 0 amide bonds. The van der Waals surface area contributed by atoms with Crippen molar-refractivity contribution in [3.8, 4) is 10.7 Å². The second kappa shape index (κ2) is 4.16. The lowest BCUT2D eigenvalue weighted by molar-refractivity contribution is 0.156. The van der Waals surface area contributed by atoms with Gasteiger partial charge in [0.05, 0.1) is 0 Å². The van der Waals surface area contributed by atoms with Crippen LogP contribution in [0.2, 0.25) is 0 Å². The smallest absolute Gasteiger partial charge is 0.183 e. The Morgan fingerprint density at radius 1 is 1.57 bits per heavy atom. The van der Waals surface area contributed by atoms with Gasteiger partial charge in [-0.25, -0.2) is 0 Å². The summed E-state index contributed by atoms with van der Waals surface area (Å²) in [6, 6.07) is 1.79. The Kier molecular flexibility index (Phi) is 2.90. The highest BCUT2D eigenvalue weighted by Crippen LogP contribution is 2.25. The largest absolute Gasteiger partial charge is 0.377 e. The Morgan fingerprint density at radius 2 is 2.43 bits per heavy atom.